The maximum Gasteiger partial charge on any atom is 0.269 e. The zero-order valence-electron chi connectivity index (χ0n) is 15.9. The van der Waals surface area contributed by atoms with Crippen molar-refractivity contribution in [1.29, 1.82) is 0 Å². The van der Waals surface area contributed by atoms with Crippen molar-refractivity contribution in [2.45, 2.75) is 76.8 Å². The Morgan fingerprint density at radius 3 is 2.46 bits per heavy atom. The number of carbonyl (C=O) groups is 2. The molecule has 2 amide bonds. The quantitative estimate of drug-likeness (QED) is 0.701. The van der Waals surface area contributed by atoms with Crippen LogP contribution in [-0.2, 0) is 10.0 Å². The summed E-state index contributed by atoms with van der Waals surface area (Å²) >= 11 is 0. The molecule has 1 aliphatic rings. The van der Waals surface area contributed by atoms with Crippen LogP contribution in [-0.4, -0.2) is 36.6 Å². The van der Waals surface area contributed by atoms with Crippen molar-refractivity contribution >= 4 is 21.8 Å². The van der Waals surface area contributed by atoms with Crippen LogP contribution >= 0.6 is 0 Å². The molecule has 1 aromatic rings. The molecule has 0 spiro atoms. The summed E-state index contributed by atoms with van der Waals surface area (Å²) < 4.78 is 26.1. The normalized spacial score (nSPS) is 16.7. The predicted molar refractivity (Wildman–Crippen MR) is 101 cm³/mol. The van der Waals surface area contributed by atoms with E-state index in [1.54, 1.807) is 13.8 Å². The van der Waals surface area contributed by atoms with Gasteiger partial charge in [-0.15, -0.1) is 0 Å². The zero-order chi connectivity index (χ0) is 19.5. The van der Waals surface area contributed by atoms with Crippen LogP contribution in [0.2, 0.25) is 0 Å². The molecule has 7 heteroatoms. The average Bonchev–Trinajstić information content (AvgIpc) is 2.77. The van der Waals surface area contributed by atoms with E-state index >= 15 is 0 Å². The van der Waals surface area contributed by atoms with E-state index in [0.717, 1.165) is 30.0 Å². The lowest BCUT2D eigenvalue weighted by Crippen LogP contribution is -2.36. The lowest BCUT2D eigenvalue weighted by Gasteiger charge is -2.18. The maximum absolute atomic E-state index is 12.6. The number of carbonyl (C=O) groups excluding carboxylic acids is 2. The van der Waals surface area contributed by atoms with Gasteiger partial charge < -0.3 is 5.32 Å². The third-order valence-corrected chi connectivity index (χ3v) is 6.55. The van der Waals surface area contributed by atoms with Crippen molar-refractivity contribution in [3.8, 4) is 0 Å². The standard InChI is InChI=1S/C19H28N2O4S/c1-5-6-7-8-9-14(4)20-18(22)15-10-11-16-17(12-15)26(24,25)21(13(2)3)19(16)23/h10-14H,5-9H2,1-4H3,(H,20,22). The highest BCUT2D eigenvalue weighted by Gasteiger charge is 2.42. The number of amides is 2. The van der Waals surface area contributed by atoms with Crippen molar-refractivity contribution in [3.05, 3.63) is 29.3 Å². The van der Waals surface area contributed by atoms with E-state index in [-0.39, 0.29) is 28.0 Å². The van der Waals surface area contributed by atoms with Crippen molar-refractivity contribution < 1.29 is 18.0 Å². The summed E-state index contributed by atoms with van der Waals surface area (Å²) in [6.45, 7) is 7.39. The average molecular weight is 381 g/mol. The Balaban J connectivity index is 2.14. The van der Waals surface area contributed by atoms with Crippen LogP contribution in [0.25, 0.3) is 0 Å². The van der Waals surface area contributed by atoms with E-state index in [1.807, 2.05) is 6.92 Å². The number of fused-ring (bicyclic) bond motifs is 1. The number of sulfonamides is 1. The monoisotopic (exact) mass is 380 g/mol. The predicted octanol–water partition coefficient (Wildman–Crippen LogP) is 3.33. The number of rotatable bonds is 8. The van der Waals surface area contributed by atoms with Crippen LogP contribution in [0.4, 0.5) is 0 Å². The molecule has 0 radical (unpaired) electrons. The molecule has 0 aromatic heterocycles. The van der Waals surface area contributed by atoms with Gasteiger partial charge in [-0.2, -0.15) is 0 Å². The first kappa shape index (κ1) is 20.4. The van der Waals surface area contributed by atoms with E-state index in [4.69, 9.17) is 0 Å². The van der Waals surface area contributed by atoms with Gasteiger partial charge in [0.15, 0.2) is 0 Å². The topological polar surface area (TPSA) is 83.6 Å². The summed E-state index contributed by atoms with van der Waals surface area (Å²) in [6.07, 6.45) is 5.42. The smallest absolute Gasteiger partial charge is 0.269 e. The van der Waals surface area contributed by atoms with Crippen molar-refractivity contribution in [3.63, 3.8) is 0 Å². The SMILES string of the molecule is CCCCCCC(C)NC(=O)c1ccc2c(c1)S(=O)(=O)N(C(C)C)C2=O. The van der Waals surface area contributed by atoms with Crippen LogP contribution in [0.3, 0.4) is 0 Å². The molecule has 0 saturated carbocycles. The minimum absolute atomic E-state index is 0.0120. The molecule has 0 bridgehead atoms. The Bertz CT molecular complexity index is 787. The molecule has 144 valence electrons. The number of hydrogen-bond acceptors (Lipinski definition) is 4. The largest absolute Gasteiger partial charge is 0.350 e. The number of unbranched alkanes of at least 4 members (excludes halogenated alkanes) is 3. The second-order valence-corrected chi connectivity index (χ2v) is 8.92. The summed E-state index contributed by atoms with van der Waals surface area (Å²) in [4.78, 5) is 24.7. The first-order valence-corrected chi connectivity index (χ1v) is 10.7. The molecule has 0 saturated heterocycles. The summed E-state index contributed by atoms with van der Waals surface area (Å²) in [5.74, 6) is -0.854. The van der Waals surface area contributed by atoms with Gasteiger partial charge in [-0.1, -0.05) is 32.6 Å². The molecular formula is C19H28N2O4S. The van der Waals surface area contributed by atoms with Crippen LogP contribution in [0.1, 0.15) is 80.5 Å². The van der Waals surface area contributed by atoms with Crippen LogP contribution in [0, 0.1) is 0 Å². The fraction of sp³-hybridized carbons (Fsp3) is 0.579. The number of benzene rings is 1. The van der Waals surface area contributed by atoms with Gasteiger partial charge >= 0.3 is 0 Å². The van der Waals surface area contributed by atoms with E-state index in [0.29, 0.717) is 0 Å². The van der Waals surface area contributed by atoms with Crippen molar-refractivity contribution in [1.82, 2.24) is 9.62 Å². The highest BCUT2D eigenvalue weighted by atomic mass is 32.2. The van der Waals surface area contributed by atoms with Gasteiger partial charge in [0.2, 0.25) is 0 Å². The fourth-order valence-corrected chi connectivity index (χ4v) is 4.95. The molecule has 0 fully saturated rings. The van der Waals surface area contributed by atoms with Gasteiger partial charge in [-0.25, -0.2) is 12.7 Å². The van der Waals surface area contributed by atoms with Gasteiger partial charge in [0.1, 0.15) is 4.90 Å². The minimum atomic E-state index is -3.90. The third-order valence-electron chi connectivity index (χ3n) is 4.55. The summed E-state index contributed by atoms with van der Waals surface area (Å²) in [7, 11) is -3.90. The van der Waals surface area contributed by atoms with Crippen LogP contribution in [0.5, 0.6) is 0 Å². The van der Waals surface area contributed by atoms with Crippen LogP contribution < -0.4 is 5.32 Å². The summed E-state index contributed by atoms with van der Waals surface area (Å²) in [5, 5.41) is 2.90. The maximum atomic E-state index is 12.6. The summed E-state index contributed by atoms with van der Waals surface area (Å²) in [5.41, 5.74) is 0.383. The number of nitrogens with zero attached hydrogens (tertiary/aromatic N) is 1. The molecule has 1 unspecified atom stereocenters. The fourth-order valence-electron chi connectivity index (χ4n) is 3.16. The third kappa shape index (κ3) is 4.09. The summed E-state index contributed by atoms with van der Waals surface area (Å²) in [6, 6.07) is 3.79. The molecule has 1 N–H and O–H groups in total. The minimum Gasteiger partial charge on any atom is -0.350 e. The first-order chi connectivity index (χ1) is 12.2. The molecule has 1 heterocycles. The van der Waals surface area contributed by atoms with E-state index < -0.39 is 22.0 Å². The van der Waals surface area contributed by atoms with Gasteiger partial charge in [0, 0.05) is 17.6 Å². The van der Waals surface area contributed by atoms with E-state index in [1.165, 1.54) is 24.6 Å². The van der Waals surface area contributed by atoms with Crippen LogP contribution in [0.15, 0.2) is 23.1 Å². The molecule has 6 nitrogen and oxygen atoms in total. The highest BCUT2D eigenvalue weighted by Crippen LogP contribution is 2.32. The second kappa shape index (κ2) is 8.20. The Morgan fingerprint density at radius 2 is 1.85 bits per heavy atom. The number of hydrogen-bond donors (Lipinski definition) is 1. The molecular weight excluding hydrogens is 352 g/mol. The zero-order valence-corrected chi connectivity index (χ0v) is 16.7. The van der Waals surface area contributed by atoms with E-state index in [9.17, 15) is 18.0 Å². The van der Waals surface area contributed by atoms with Gasteiger partial charge in [0.05, 0.1) is 5.56 Å². The van der Waals surface area contributed by atoms with Crippen molar-refractivity contribution in [2.75, 3.05) is 0 Å². The molecule has 0 aliphatic carbocycles. The lowest BCUT2D eigenvalue weighted by molar-refractivity contribution is 0.0845. The molecule has 1 aromatic carbocycles. The highest BCUT2D eigenvalue weighted by molar-refractivity contribution is 7.90. The first-order valence-electron chi connectivity index (χ1n) is 9.23. The number of nitrogens with one attached hydrogen (secondary N) is 1. The Morgan fingerprint density at radius 1 is 1.15 bits per heavy atom. The van der Waals surface area contributed by atoms with E-state index in [2.05, 4.69) is 12.2 Å². The Hall–Kier alpha value is -1.89. The molecule has 26 heavy (non-hydrogen) atoms. The van der Waals surface area contributed by atoms with Gasteiger partial charge in [-0.3, -0.25) is 9.59 Å². The second-order valence-electron chi connectivity index (χ2n) is 7.13. The van der Waals surface area contributed by atoms with Gasteiger partial charge in [-0.05, 0) is 45.4 Å². The lowest BCUT2D eigenvalue weighted by atomic mass is 10.1. The van der Waals surface area contributed by atoms with Gasteiger partial charge in [0.25, 0.3) is 21.8 Å². The molecule has 1 atom stereocenters. The Kier molecular flexibility index (Phi) is 6.44. The van der Waals surface area contributed by atoms with Crippen molar-refractivity contribution in [2.24, 2.45) is 0 Å². The Labute approximate surface area is 156 Å². The molecule has 2 rings (SSSR count). The molecule has 1 aliphatic heterocycles.